The van der Waals surface area contributed by atoms with Gasteiger partial charge in [0, 0.05) is 131 Å². The Morgan fingerprint density at radius 3 is 1.99 bits per heavy atom. The number of aromatic nitrogens is 2. The van der Waals surface area contributed by atoms with Crippen molar-refractivity contribution in [2.24, 2.45) is 94.7 Å². The number of allylic oxidation sites excluding steroid dienone is 6. The molecule has 8 rings (SSSR count). The maximum atomic E-state index is 14.4. The molecule has 15 atom stereocenters. The first-order valence-electron chi connectivity index (χ1n) is 30.6. The van der Waals surface area contributed by atoms with E-state index in [2.05, 4.69) is 15.6 Å². The maximum absolute atomic E-state index is 14.4. The second-order valence-corrected chi connectivity index (χ2v) is 28.4. The summed E-state index contributed by atoms with van der Waals surface area (Å²) in [5.74, 6) is -7.18. The van der Waals surface area contributed by atoms with Gasteiger partial charge in [-0.15, -0.1) is 0 Å². The van der Waals surface area contributed by atoms with E-state index in [1.807, 2.05) is 87.4 Å². The molecule has 2 aromatic rings. The van der Waals surface area contributed by atoms with Crippen LogP contribution in [0.25, 0.3) is 11.0 Å². The molecule has 17 N–H and O–H groups in total. The number of nitrogens with two attached hydrogens (primary N) is 6. The molecule has 0 radical (unpaired) electrons. The minimum absolute atomic E-state index is 0.0114. The second kappa shape index (κ2) is 25.6. The van der Waals surface area contributed by atoms with Gasteiger partial charge in [-0.2, -0.15) is 0 Å². The minimum Gasteiger partial charge on any atom is -0.394 e. The van der Waals surface area contributed by atoms with Gasteiger partial charge in [0.15, 0.2) is 6.23 Å². The highest BCUT2D eigenvalue weighted by molar-refractivity contribution is 7.47. The third kappa shape index (κ3) is 13.0. The van der Waals surface area contributed by atoms with Gasteiger partial charge in [-0.25, -0.2) is 9.55 Å². The lowest BCUT2D eigenvalue weighted by atomic mass is 9.55. The first-order valence-corrected chi connectivity index (χ1v) is 32.1. The highest BCUT2D eigenvalue weighted by Crippen LogP contribution is 2.63. The van der Waals surface area contributed by atoms with Crippen LogP contribution in [0.5, 0.6) is 0 Å². The van der Waals surface area contributed by atoms with Crippen molar-refractivity contribution in [2.45, 2.75) is 189 Å². The van der Waals surface area contributed by atoms with Gasteiger partial charge in [-0.3, -0.25) is 57.6 Å². The molecule has 7 heterocycles. The van der Waals surface area contributed by atoms with Crippen molar-refractivity contribution in [2.75, 3.05) is 13.2 Å². The van der Waals surface area contributed by atoms with E-state index in [0.717, 1.165) is 11.1 Å². The lowest BCUT2D eigenvalue weighted by Crippen LogP contribution is -2.56. The molecule has 3 unspecified atom stereocenters. The summed E-state index contributed by atoms with van der Waals surface area (Å²) in [6.07, 6.45) is -4.26. The van der Waals surface area contributed by atoms with Crippen molar-refractivity contribution in [1.29, 1.82) is 0 Å². The first kappa shape index (κ1) is 68.9. The number of hydrogen-bond acceptors (Lipinski definition) is 18. The van der Waals surface area contributed by atoms with Gasteiger partial charge in [0.1, 0.15) is 18.3 Å². The van der Waals surface area contributed by atoms with E-state index in [-0.39, 0.29) is 77.2 Å². The highest BCUT2D eigenvalue weighted by Gasteiger charge is 2.66. The van der Waals surface area contributed by atoms with E-state index in [0.29, 0.717) is 56.4 Å². The molecule has 0 saturated carbocycles. The number of benzene rings is 1. The largest absolute Gasteiger partial charge is 0.472 e. The van der Waals surface area contributed by atoms with Crippen LogP contribution in [0, 0.1) is 59.2 Å². The second-order valence-electron chi connectivity index (χ2n) is 27.1. The van der Waals surface area contributed by atoms with Crippen LogP contribution in [0.2, 0.25) is 0 Å². The van der Waals surface area contributed by atoms with E-state index < -0.39 is 143 Å². The summed E-state index contributed by atoms with van der Waals surface area (Å²) in [6, 6.07) is 2.70. The topological polar surface area (TPSA) is 460 Å². The molecule has 28 heteroatoms. The molecule has 0 aliphatic carbocycles. The number of nitrogens with one attached hydrogen (secondary N) is 2. The molecule has 8 bridgehead atoms. The van der Waals surface area contributed by atoms with Crippen LogP contribution < -0.4 is 45.0 Å². The summed E-state index contributed by atoms with van der Waals surface area (Å²) in [6.45, 7) is 19.3. The summed E-state index contributed by atoms with van der Waals surface area (Å²) in [4.78, 5) is 126. The number of carbonyl (C=O) groups excluding carboxylic acids is 7. The van der Waals surface area contributed by atoms with Crippen molar-refractivity contribution in [3.63, 3.8) is 0 Å². The standard InChI is InChI=1S/C62H90N13O14P/c1-29-20-39-40(21-30(29)2)75(28-70-39)57-52(84)53(41(27-76)87-57)89-90(85,86)88-31(3)26-69-49(83)18-19-59(8)37(22-46(66)80)56-62(11)61(10,25-48(68)82)36(14-17-45(65)79)51(74-62)33(5)55-60(9,24-47(67)81)34(12-15-43(63)77)38(71-55)23-42-58(6,7)35(13-16-44(64)78)50(72-42)32(4)54(59)73-56/h20-21,23,28,31,34-37,41,52-53,56-57,71,76,84H,12-19,22,24-27H2,1-11H3,(H2,63,77)(H2,64,78)(H2,65,79)(H2,66,80)(H2,67,81)(H2,68,82)(H,69,83)(H,85,86)/b38-23-,50-32-,55-33-/t31-,34-,35-,36-,37+,41-,52?,53?,56-,57+,59-,60+,61+,62+/m0/s1. The van der Waals surface area contributed by atoms with Gasteiger partial charge >= 0.3 is 7.82 Å². The monoisotopic (exact) mass is 1270 g/mol. The Kier molecular flexibility index (Phi) is 19.6. The predicted octanol–water partition coefficient (Wildman–Crippen LogP) is 3.16. The van der Waals surface area contributed by atoms with Crippen LogP contribution >= 0.6 is 7.82 Å². The van der Waals surface area contributed by atoms with Crippen molar-refractivity contribution < 1.29 is 67.0 Å². The Labute approximate surface area is 523 Å². The number of primary amides is 6. The predicted molar refractivity (Wildman–Crippen MR) is 334 cm³/mol. The van der Waals surface area contributed by atoms with Gasteiger partial charge in [-0.05, 0) is 108 Å². The van der Waals surface area contributed by atoms with Crippen molar-refractivity contribution in [3.8, 4) is 0 Å². The Hall–Kier alpha value is -7.00. The van der Waals surface area contributed by atoms with Crippen LogP contribution in [-0.2, 0) is 51.9 Å². The average molecular weight is 1270 g/mol. The Bertz CT molecular complexity index is 3540. The zero-order valence-corrected chi connectivity index (χ0v) is 54.1. The molecule has 2 fully saturated rings. The zero-order chi connectivity index (χ0) is 66.7. The number of rotatable bonds is 26. The van der Waals surface area contributed by atoms with Gasteiger partial charge in [-0.1, -0.05) is 34.6 Å². The molecule has 6 aliphatic heterocycles. The van der Waals surface area contributed by atoms with Gasteiger partial charge in [0.2, 0.25) is 41.4 Å². The smallest absolute Gasteiger partial charge is 0.394 e. The molecule has 2 saturated heterocycles. The summed E-state index contributed by atoms with van der Waals surface area (Å²) < 4.78 is 32.3. The van der Waals surface area contributed by atoms with E-state index in [4.69, 9.17) is 63.2 Å². The van der Waals surface area contributed by atoms with E-state index in [1.54, 1.807) is 4.57 Å². The van der Waals surface area contributed by atoms with Crippen molar-refractivity contribution in [3.05, 3.63) is 63.9 Å². The number of aliphatic hydroxyl groups excluding tert-OH is 2. The number of ether oxygens (including phenoxy) is 1. The fourth-order valence-electron chi connectivity index (χ4n) is 15.4. The number of carbonyl (C=O) groups is 7. The minimum atomic E-state index is -5.07. The average Bonchev–Trinajstić information content (AvgIpc) is 1.53. The molecule has 492 valence electrons. The number of imidazole rings is 1. The summed E-state index contributed by atoms with van der Waals surface area (Å²) in [5, 5.41) is 28.2. The number of aliphatic hydroxyl groups is 2. The highest BCUT2D eigenvalue weighted by atomic mass is 31.2. The molecule has 1 aromatic carbocycles. The summed E-state index contributed by atoms with van der Waals surface area (Å²) in [7, 11) is -5.07. The number of amides is 7. The number of aryl methyl sites for hydroxylation is 2. The van der Waals surface area contributed by atoms with Gasteiger partial charge in [0.05, 0.1) is 41.7 Å². The Balaban J connectivity index is 1.19. The van der Waals surface area contributed by atoms with E-state index in [1.165, 1.54) is 13.3 Å². The van der Waals surface area contributed by atoms with Crippen molar-refractivity contribution in [1.82, 2.24) is 20.2 Å². The summed E-state index contributed by atoms with van der Waals surface area (Å²) in [5.41, 5.74) is 37.4. The third-order valence-corrected chi connectivity index (χ3v) is 21.7. The molecule has 27 nitrogen and oxygen atoms in total. The molecule has 0 spiro atoms. The number of hydrogen-bond donors (Lipinski definition) is 11. The zero-order valence-electron chi connectivity index (χ0n) is 53.3. The molecule has 1 aromatic heterocycles. The number of phosphoric acid groups is 1. The van der Waals surface area contributed by atoms with Crippen LogP contribution in [-0.4, -0.2) is 132 Å². The molecule has 6 aliphatic rings. The molecular weight excluding hydrogens is 1180 g/mol. The summed E-state index contributed by atoms with van der Waals surface area (Å²) >= 11 is 0. The third-order valence-electron chi connectivity index (χ3n) is 20.6. The lowest BCUT2D eigenvalue weighted by molar-refractivity contribution is -0.124. The number of aliphatic imine (C=N–C) groups is 3. The Morgan fingerprint density at radius 2 is 1.40 bits per heavy atom. The van der Waals surface area contributed by atoms with Gasteiger partial charge in [0.25, 0.3) is 0 Å². The Morgan fingerprint density at radius 1 is 0.800 bits per heavy atom. The fraction of sp³-hybridized carbons (Fsp3) is 0.629. The van der Waals surface area contributed by atoms with Crippen LogP contribution in [0.4, 0.5) is 0 Å². The quantitative estimate of drug-likeness (QED) is 0.0603. The van der Waals surface area contributed by atoms with E-state index >= 15 is 0 Å². The van der Waals surface area contributed by atoms with Crippen LogP contribution in [0.1, 0.15) is 150 Å². The normalized spacial score (nSPS) is 34.2. The number of phosphoric ester groups is 1. The van der Waals surface area contributed by atoms with Crippen molar-refractivity contribution >= 4 is 77.3 Å². The van der Waals surface area contributed by atoms with E-state index in [9.17, 15) is 53.2 Å². The fourth-order valence-corrected chi connectivity index (χ4v) is 16.6. The van der Waals surface area contributed by atoms with Gasteiger partial charge < -0.3 is 69.4 Å². The lowest BCUT2D eigenvalue weighted by Gasteiger charge is -2.48. The SMILES string of the molecule is C/C1=C2N=C(/C=C3\N/C(=C(/C)C4=N[C@](C)([C@H]5N=C1[C@@](C)(CCC(=O)NC[C@H](C)OP(=O)(O)OC1C(O)[C@H](n6cnc7cc(C)c(C)cc76)O[C@H]1CO)[C@@H]5CC(N)=O)[C@](C)(CC(N)=O)[C@H]4CCC(N)=O)[C@](C)(CC(N)=O)[C@H]3CCC(N)=O)C(C)(C)[C@H]/2CCC(N)=O. The van der Waals surface area contributed by atoms with Crippen LogP contribution in [0.3, 0.4) is 0 Å². The maximum Gasteiger partial charge on any atom is 0.472 e. The number of nitrogens with zero attached hydrogens (tertiary/aromatic N) is 5. The first-order chi connectivity index (χ1) is 41.8. The molecule has 90 heavy (non-hydrogen) atoms. The molecule has 7 amide bonds. The van der Waals surface area contributed by atoms with Crippen LogP contribution in [0.15, 0.2) is 67.8 Å². The number of fused-ring (bicyclic) bond motifs is 7. The molecular formula is C62H90N13O14P.